The maximum absolute atomic E-state index is 6.12. The van der Waals surface area contributed by atoms with Crippen LogP contribution in [0.2, 0.25) is 5.02 Å². The monoisotopic (exact) mass is 380 g/mol. The van der Waals surface area contributed by atoms with Gasteiger partial charge in [0, 0.05) is 49.5 Å². The predicted molar refractivity (Wildman–Crippen MR) is 112 cm³/mol. The molecule has 1 aromatic carbocycles. The van der Waals surface area contributed by atoms with Crippen molar-refractivity contribution in [2.24, 2.45) is 4.99 Å². The first-order chi connectivity index (χ1) is 12.2. The number of hydrogen-bond donors (Lipinski definition) is 2. The Morgan fingerprint density at radius 1 is 1.48 bits per heavy atom. The molecule has 6 heteroatoms. The van der Waals surface area contributed by atoms with Crippen LogP contribution in [0.3, 0.4) is 0 Å². The molecule has 1 unspecified atom stereocenters. The number of rotatable bonds is 7. The molecule has 1 aliphatic heterocycles. The molecule has 0 spiro atoms. The average molecular weight is 381 g/mol. The fraction of sp³-hybridized carbons (Fsp3) is 0.526. The van der Waals surface area contributed by atoms with Gasteiger partial charge >= 0.3 is 0 Å². The molecule has 4 nitrogen and oxygen atoms in total. The minimum atomic E-state index is 0.340. The third kappa shape index (κ3) is 6.57. The highest BCUT2D eigenvalue weighted by Gasteiger charge is 2.19. The molecule has 2 N–H and O–H groups in total. The van der Waals surface area contributed by atoms with E-state index in [-0.39, 0.29) is 0 Å². The van der Waals surface area contributed by atoms with Gasteiger partial charge in [-0.15, -0.1) is 6.58 Å². The first-order valence-electron chi connectivity index (χ1n) is 8.75. The topological polar surface area (TPSA) is 39.7 Å². The standard InChI is InChI=1S/C19H29ClN4S/c1-4-10-24-11-8-17(9-12-24)23-19(21-2)22-14-18(25-3)15-6-5-7-16(20)13-15/h4-7,13,17-18H,1,8-12,14H2,2-3H3,(H2,21,22,23). The molecule has 0 saturated carbocycles. The van der Waals surface area contributed by atoms with E-state index >= 15 is 0 Å². The molecule has 138 valence electrons. The van der Waals surface area contributed by atoms with Gasteiger partial charge in [0.1, 0.15) is 0 Å². The number of nitrogens with one attached hydrogen (secondary N) is 2. The van der Waals surface area contributed by atoms with E-state index in [0.29, 0.717) is 11.3 Å². The summed E-state index contributed by atoms with van der Waals surface area (Å²) in [4.78, 5) is 6.82. The van der Waals surface area contributed by atoms with E-state index in [1.165, 1.54) is 5.56 Å². The van der Waals surface area contributed by atoms with Crippen molar-refractivity contribution in [1.82, 2.24) is 15.5 Å². The normalized spacial score (nSPS) is 18.0. The van der Waals surface area contributed by atoms with Crippen molar-refractivity contribution in [3.63, 3.8) is 0 Å². The fourth-order valence-electron chi connectivity index (χ4n) is 3.06. The van der Waals surface area contributed by atoms with Crippen molar-refractivity contribution in [3.8, 4) is 0 Å². The van der Waals surface area contributed by atoms with Crippen LogP contribution in [0.25, 0.3) is 0 Å². The summed E-state index contributed by atoms with van der Waals surface area (Å²) in [5.41, 5.74) is 1.24. The molecular formula is C19H29ClN4S. The van der Waals surface area contributed by atoms with Crippen molar-refractivity contribution in [1.29, 1.82) is 0 Å². The molecule has 1 fully saturated rings. The molecule has 1 saturated heterocycles. The van der Waals surface area contributed by atoms with Gasteiger partial charge in [0.2, 0.25) is 0 Å². The lowest BCUT2D eigenvalue weighted by Crippen LogP contribution is -2.49. The van der Waals surface area contributed by atoms with Crippen LogP contribution in [0, 0.1) is 0 Å². The highest BCUT2D eigenvalue weighted by Crippen LogP contribution is 2.27. The number of halogens is 1. The van der Waals surface area contributed by atoms with Gasteiger partial charge < -0.3 is 10.6 Å². The number of thioether (sulfide) groups is 1. The van der Waals surface area contributed by atoms with Gasteiger partial charge in [-0.3, -0.25) is 9.89 Å². The summed E-state index contributed by atoms with van der Waals surface area (Å²) in [6.07, 6.45) is 6.37. The number of piperidine rings is 1. The van der Waals surface area contributed by atoms with Crippen molar-refractivity contribution in [3.05, 3.63) is 47.5 Å². The van der Waals surface area contributed by atoms with Crippen LogP contribution in [-0.4, -0.2) is 56.4 Å². The van der Waals surface area contributed by atoms with Crippen LogP contribution in [0.4, 0.5) is 0 Å². The Kier molecular flexibility index (Phi) is 8.65. The largest absolute Gasteiger partial charge is 0.355 e. The number of hydrogen-bond acceptors (Lipinski definition) is 3. The van der Waals surface area contributed by atoms with Gasteiger partial charge in [0.25, 0.3) is 0 Å². The van der Waals surface area contributed by atoms with Gasteiger partial charge in [-0.2, -0.15) is 11.8 Å². The fourth-order valence-corrected chi connectivity index (χ4v) is 3.93. The van der Waals surface area contributed by atoms with Crippen molar-refractivity contribution in [2.45, 2.75) is 24.1 Å². The van der Waals surface area contributed by atoms with E-state index in [1.54, 1.807) is 0 Å². The van der Waals surface area contributed by atoms with E-state index in [9.17, 15) is 0 Å². The Morgan fingerprint density at radius 2 is 2.24 bits per heavy atom. The second-order valence-corrected chi connectivity index (χ2v) is 7.72. The summed E-state index contributed by atoms with van der Waals surface area (Å²) < 4.78 is 0. The zero-order valence-electron chi connectivity index (χ0n) is 15.2. The van der Waals surface area contributed by atoms with Crippen LogP contribution < -0.4 is 10.6 Å². The summed E-state index contributed by atoms with van der Waals surface area (Å²) >= 11 is 7.94. The van der Waals surface area contributed by atoms with E-state index in [0.717, 1.165) is 50.0 Å². The minimum Gasteiger partial charge on any atom is -0.355 e. The molecule has 2 rings (SSSR count). The Bertz CT molecular complexity index is 570. The number of guanidine groups is 1. The molecule has 0 bridgehead atoms. The SMILES string of the molecule is C=CCN1CCC(NC(=NC)NCC(SC)c2cccc(Cl)c2)CC1. The van der Waals surface area contributed by atoms with Crippen LogP contribution >= 0.6 is 23.4 Å². The van der Waals surface area contributed by atoms with E-state index in [1.807, 2.05) is 43.1 Å². The second kappa shape index (κ2) is 10.7. The molecule has 1 atom stereocenters. The molecule has 1 aliphatic rings. The molecule has 0 aromatic heterocycles. The van der Waals surface area contributed by atoms with Gasteiger partial charge in [0.05, 0.1) is 0 Å². The predicted octanol–water partition coefficient (Wildman–Crippen LogP) is 3.56. The van der Waals surface area contributed by atoms with Crippen LogP contribution in [0.1, 0.15) is 23.7 Å². The molecule has 1 heterocycles. The average Bonchev–Trinajstić information content (AvgIpc) is 2.63. The number of aliphatic imine (C=N–C) groups is 1. The van der Waals surface area contributed by atoms with Crippen LogP contribution in [0.15, 0.2) is 41.9 Å². The van der Waals surface area contributed by atoms with Gasteiger partial charge in [-0.05, 0) is 36.8 Å². The Morgan fingerprint density at radius 3 is 2.84 bits per heavy atom. The van der Waals surface area contributed by atoms with Crippen LogP contribution in [-0.2, 0) is 0 Å². The van der Waals surface area contributed by atoms with Crippen molar-refractivity contribution < 1.29 is 0 Å². The molecule has 0 radical (unpaired) electrons. The Balaban J connectivity index is 1.82. The summed E-state index contributed by atoms with van der Waals surface area (Å²) in [5.74, 6) is 0.878. The van der Waals surface area contributed by atoms with Crippen LogP contribution in [0.5, 0.6) is 0 Å². The summed E-state index contributed by atoms with van der Waals surface area (Å²) in [5, 5.41) is 8.15. The maximum Gasteiger partial charge on any atom is 0.191 e. The molecular weight excluding hydrogens is 352 g/mol. The minimum absolute atomic E-state index is 0.340. The quantitative estimate of drug-likeness (QED) is 0.431. The van der Waals surface area contributed by atoms with Crippen molar-refractivity contribution in [2.75, 3.05) is 39.5 Å². The van der Waals surface area contributed by atoms with Gasteiger partial charge in [0.15, 0.2) is 5.96 Å². The zero-order valence-corrected chi connectivity index (χ0v) is 16.7. The smallest absolute Gasteiger partial charge is 0.191 e. The molecule has 0 aliphatic carbocycles. The number of benzene rings is 1. The molecule has 25 heavy (non-hydrogen) atoms. The summed E-state index contributed by atoms with van der Waals surface area (Å²) in [7, 11) is 1.83. The third-order valence-electron chi connectivity index (χ3n) is 4.50. The lowest BCUT2D eigenvalue weighted by atomic mass is 10.1. The summed E-state index contributed by atoms with van der Waals surface area (Å²) in [6, 6.07) is 8.56. The van der Waals surface area contributed by atoms with Gasteiger partial charge in [-0.1, -0.05) is 29.8 Å². The highest BCUT2D eigenvalue weighted by molar-refractivity contribution is 7.98. The van der Waals surface area contributed by atoms with Crippen molar-refractivity contribution >= 4 is 29.3 Å². The first-order valence-corrected chi connectivity index (χ1v) is 10.4. The Labute approximate surface area is 161 Å². The van der Waals surface area contributed by atoms with E-state index < -0.39 is 0 Å². The first kappa shape index (κ1) is 20.1. The van der Waals surface area contributed by atoms with E-state index in [2.05, 4.69) is 39.4 Å². The maximum atomic E-state index is 6.12. The third-order valence-corrected chi connectivity index (χ3v) is 5.74. The van der Waals surface area contributed by atoms with Gasteiger partial charge in [-0.25, -0.2) is 0 Å². The Hall–Kier alpha value is -1.17. The molecule has 1 aromatic rings. The second-order valence-electron chi connectivity index (χ2n) is 6.24. The highest BCUT2D eigenvalue weighted by atomic mass is 35.5. The van der Waals surface area contributed by atoms with E-state index in [4.69, 9.17) is 11.6 Å². The molecule has 0 amide bonds. The zero-order chi connectivity index (χ0) is 18.1. The number of likely N-dealkylation sites (tertiary alicyclic amines) is 1. The number of nitrogens with zero attached hydrogens (tertiary/aromatic N) is 2. The lowest BCUT2D eigenvalue weighted by molar-refractivity contribution is 0.225. The summed E-state index contributed by atoms with van der Waals surface area (Å²) in [6.45, 7) is 7.83. The lowest BCUT2D eigenvalue weighted by Gasteiger charge is -2.32.